The lowest BCUT2D eigenvalue weighted by molar-refractivity contribution is 0.0320. The number of ketones is 1. The summed E-state index contributed by atoms with van der Waals surface area (Å²) >= 11 is 7.83. The second-order valence-corrected chi connectivity index (χ2v) is 8.73. The van der Waals surface area contributed by atoms with Crippen LogP contribution in [0.1, 0.15) is 38.8 Å². The molecule has 0 aliphatic carbocycles. The second-order valence-electron chi connectivity index (χ2n) is 7.38. The van der Waals surface area contributed by atoms with Crippen LogP contribution in [0.4, 0.5) is 0 Å². The number of aryl methyl sites for hydroxylation is 2. The molecular weight excluding hydrogens is 430 g/mol. The van der Waals surface area contributed by atoms with Crippen molar-refractivity contribution in [1.82, 2.24) is 4.98 Å². The summed E-state index contributed by atoms with van der Waals surface area (Å²) in [5.41, 5.74) is 4.01. The van der Waals surface area contributed by atoms with Gasteiger partial charge in [-0.05, 0) is 49.9 Å². The number of nitrogens with zero attached hydrogens (tertiary/aromatic N) is 1. The van der Waals surface area contributed by atoms with Crippen LogP contribution in [0.5, 0.6) is 0 Å². The fourth-order valence-corrected chi connectivity index (χ4v) is 4.19. The maximum Gasteiger partial charge on any atom is 0.339 e. The van der Waals surface area contributed by atoms with Gasteiger partial charge < -0.3 is 4.74 Å². The number of thiophene rings is 1. The summed E-state index contributed by atoms with van der Waals surface area (Å²) in [5.74, 6) is -0.815. The van der Waals surface area contributed by atoms with E-state index in [1.54, 1.807) is 37.3 Å². The Morgan fingerprint density at radius 2 is 1.81 bits per heavy atom. The Morgan fingerprint density at radius 3 is 2.48 bits per heavy atom. The van der Waals surface area contributed by atoms with Gasteiger partial charge in [-0.3, -0.25) is 4.79 Å². The minimum Gasteiger partial charge on any atom is -0.451 e. The van der Waals surface area contributed by atoms with Gasteiger partial charge in [0.2, 0.25) is 5.78 Å². The average Bonchev–Trinajstić information content (AvgIpc) is 3.30. The van der Waals surface area contributed by atoms with E-state index in [1.807, 2.05) is 43.5 Å². The minimum atomic E-state index is -0.919. The monoisotopic (exact) mass is 449 g/mol. The van der Waals surface area contributed by atoms with E-state index >= 15 is 0 Å². The van der Waals surface area contributed by atoms with E-state index in [9.17, 15) is 9.59 Å². The number of Topliss-reactive ketones (excluding diaryl/α,β-unsaturated/α-hetero) is 1. The van der Waals surface area contributed by atoms with Gasteiger partial charge in [0.15, 0.2) is 6.10 Å². The van der Waals surface area contributed by atoms with Gasteiger partial charge in [-0.1, -0.05) is 53.6 Å². The van der Waals surface area contributed by atoms with Crippen molar-refractivity contribution in [3.8, 4) is 10.6 Å². The van der Waals surface area contributed by atoms with Crippen molar-refractivity contribution in [1.29, 1.82) is 0 Å². The lowest BCUT2D eigenvalue weighted by Gasteiger charge is -2.15. The zero-order valence-electron chi connectivity index (χ0n) is 17.3. The van der Waals surface area contributed by atoms with Crippen LogP contribution in [0, 0.1) is 13.8 Å². The number of carbonyl (C=O) groups is 2. The summed E-state index contributed by atoms with van der Waals surface area (Å²) in [6.07, 6.45) is -0.919. The first-order valence-corrected chi connectivity index (χ1v) is 11.1. The molecule has 0 aliphatic rings. The summed E-state index contributed by atoms with van der Waals surface area (Å²) in [7, 11) is 0. The third kappa shape index (κ3) is 4.24. The van der Waals surface area contributed by atoms with Crippen molar-refractivity contribution in [2.24, 2.45) is 0 Å². The summed E-state index contributed by atoms with van der Waals surface area (Å²) in [5, 5.41) is 3.17. The van der Waals surface area contributed by atoms with Gasteiger partial charge in [-0.2, -0.15) is 0 Å². The van der Waals surface area contributed by atoms with Crippen molar-refractivity contribution >= 4 is 45.6 Å². The van der Waals surface area contributed by atoms with Crippen LogP contribution in [0.2, 0.25) is 5.02 Å². The second kappa shape index (κ2) is 8.61. The minimum absolute atomic E-state index is 0.246. The molecule has 0 bridgehead atoms. The molecule has 4 aromatic rings. The molecule has 2 aromatic carbocycles. The van der Waals surface area contributed by atoms with E-state index in [0.29, 0.717) is 32.7 Å². The highest BCUT2D eigenvalue weighted by Gasteiger charge is 2.23. The number of hydrogen-bond acceptors (Lipinski definition) is 5. The summed E-state index contributed by atoms with van der Waals surface area (Å²) in [4.78, 5) is 31.6. The first-order valence-electron chi connectivity index (χ1n) is 9.80. The molecule has 2 aromatic heterocycles. The summed E-state index contributed by atoms with van der Waals surface area (Å²) in [6.45, 7) is 5.41. The van der Waals surface area contributed by atoms with Gasteiger partial charge in [0.05, 0.1) is 21.7 Å². The number of benzene rings is 2. The van der Waals surface area contributed by atoms with Gasteiger partial charge in [0.1, 0.15) is 0 Å². The number of pyridine rings is 1. The van der Waals surface area contributed by atoms with Crippen molar-refractivity contribution in [3.05, 3.63) is 87.3 Å². The molecule has 4 rings (SSSR count). The Bertz CT molecular complexity index is 1280. The zero-order chi connectivity index (χ0) is 22.1. The number of aromatic nitrogens is 1. The van der Waals surface area contributed by atoms with E-state index < -0.39 is 12.1 Å². The fourth-order valence-electron chi connectivity index (χ4n) is 3.35. The van der Waals surface area contributed by atoms with Gasteiger partial charge >= 0.3 is 5.97 Å². The summed E-state index contributed by atoms with van der Waals surface area (Å²) in [6, 6.07) is 16.3. The predicted octanol–water partition coefficient (Wildman–Crippen LogP) is 6.66. The van der Waals surface area contributed by atoms with Crippen LogP contribution in [-0.2, 0) is 4.74 Å². The van der Waals surface area contributed by atoms with Crippen LogP contribution in [-0.4, -0.2) is 22.8 Å². The van der Waals surface area contributed by atoms with E-state index in [-0.39, 0.29) is 5.78 Å². The van der Waals surface area contributed by atoms with Crippen molar-refractivity contribution < 1.29 is 14.3 Å². The molecular formula is C25H20ClNO3S. The van der Waals surface area contributed by atoms with E-state index in [0.717, 1.165) is 16.0 Å². The molecule has 4 nitrogen and oxygen atoms in total. The number of hydrogen-bond donors (Lipinski definition) is 0. The molecule has 0 aliphatic heterocycles. The zero-order valence-corrected chi connectivity index (χ0v) is 18.9. The maximum absolute atomic E-state index is 13.1. The number of fused-ring (bicyclic) bond motifs is 1. The number of rotatable bonds is 5. The molecule has 0 saturated heterocycles. The molecule has 6 heteroatoms. The Kier molecular flexibility index (Phi) is 5.90. The molecule has 0 N–H and O–H groups in total. The Hall–Kier alpha value is -3.02. The standard InChI is InChI=1S/C25H20ClNO3S/c1-14-6-8-17(9-7-14)24(28)16(3)30-25(29)19-13-21(22-5-4-12-31-22)27-23-15(2)20(26)11-10-18(19)23/h4-13,16H,1-3H3/t16-/m0/s1. The van der Waals surface area contributed by atoms with Crippen LogP contribution < -0.4 is 0 Å². The van der Waals surface area contributed by atoms with Crippen molar-refractivity contribution in [2.45, 2.75) is 26.9 Å². The molecule has 0 saturated carbocycles. The van der Waals surface area contributed by atoms with E-state index in [1.165, 1.54) is 11.3 Å². The van der Waals surface area contributed by atoms with Crippen LogP contribution >= 0.6 is 22.9 Å². The van der Waals surface area contributed by atoms with Crippen LogP contribution in [0.15, 0.2) is 60.0 Å². The Labute approximate surface area is 189 Å². The number of ether oxygens (including phenoxy) is 1. The molecule has 0 spiro atoms. The molecule has 0 amide bonds. The molecule has 156 valence electrons. The van der Waals surface area contributed by atoms with Gasteiger partial charge in [0, 0.05) is 16.0 Å². The number of carbonyl (C=O) groups excluding carboxylic acids is 2. The lowest BCUT2D eigenvalue weighted by Crippen LogP contribution is -2.24. The normalized spacial score (nSPS) is 12.0. The number of halogens is 1. The highest BCUT2D eigenvalue weighted by molar-refractivity contribution is 7.13. The van der Waals surface area contributed by atoms with Crippen LogP contribution in [0.25, 0.3) is 21.5 Å². The molecule has 0 fully saturated rings. The van der Waals surface area contributed by atoms with E-state index in [2.05, 4.69) is 0 Å². The van der Waals surface area contributed by atoms with E-state index in [4.69, 9.17) is 21.3 Å². The highest BCUT2D eigenvalue weighted by atomic mass is 35.5. The fraction of sp³-hybridized carbons (Fsp3) is 0.160. The van der Waals surface area contributed by atoms with Crippen molar-refractivity contribution in [2.75, 3.05) is 0 Å². The predicted molar refractivity (Wildman–Crippen MR) is 125 cm³/mol. The topological polar surface area (TPSA) is 56.3 Å². The molecule has 2 heterocycles. The lowest BCUT2D eigenvalue weighted by atomic mass is 10.0. The molecule has 0 radical (unpaired) electrons. The third-order valence-electron chi connectivity index (χ3n) is 5.15. The third-order valence-corrected chi connectivity index (χ3v) is 6.45. The first kappa shape index (κ1) is 21.2. The van der Waals surface area contributed by atoms with Crippen LogP contribution in [0.3, 0.4) is 0 Å². The highest BCUT2D eigenvalue weighted by Crippen LogP contribution is 2.32. The summed E-state index contributed by atoms with van der Waals surface area (Å²) < 4.78 is 5.59. The Balaban J connectivity index is 1.72. The molecule has 0 unspecified atom stereocenters. The largest absolute Gasteiger partial charge is 0.451 e. The SMILES string of the molecule is Cc1ccc(C(=O)[C@H](C)OC(=O)c2cc(-c3cccs3)nc3c(C)c(Cl)ccc23)cc1. The maximum atomic E-state index is 13.1. The van der Waals surface area contributed by atoms with Gasteiger partial charge in [0.25, 0.3) is 0 Å². The molecule has 31 heavy (non-hydrogen) atoms. The quantitative estimate of drug-likeness (QED) is 0.252. The first-order chi connectivity index (χ1) is 14.8. The van der Waals surface area contributed by atoms with Crippen molar-refractivity contribution in [3.63, 3.8) is 0 Å². The van der Waals surface area contributed by atoms with Gasteiger partial charge in [-0.15, -0.1) is 11.3 Å². The average molecular weight is 450 g/mol. The Morgan fingerprint density at radius 1 is 1.06 bits per heavy atom. The van der Waals surface area contributed by atoms with Gasteiger partial charge in [-0.25, -0.2) is 9.78 Å². The number of esters is 1. The smallest absolute Gasteiger partial charge is 0.339 e. The molecule has 1 atom stereocenters.